The van der Waals surface area contributed by atoms with Crippen LogP contribution in [-0.2, 0) is 9.84 Å². The molecule has 21 heavy (non-hydrogen) atoms. The third kappa shape index (κ3) is 3.43. The fourth-order valence-electron chi connectivity index (χ4n) is 3.13. The lowest BCUT2D eigenvalue weighted by atomic mass is 9.83. The molecule has 2 rings (SSSR count). The van der Waals surface area contributed by atoms with Gasteiger partial charge in [0.05, 0.1) is 5.25 Å². The van der Waals surface area contributed by atoms with E-state index in [4.69, 9.17) is 5.73 Å². The molecule has 0 bridgehead atoms. The molecule has 1 aliphatic carbocycles. The van der Waals surface area contributed by atoms with Crippen molar-refractivity contribution in [2.24, 2.45) is 11.7 Å². The number of hydrogen-bond acceptors (Lipinski definition) is 3. The van der Waals surface area contributed by atoms with Gasteiger partial charge in [-0.2, -0.15) is 0 Å². The van der Waals surface area contributed by atoms with Gasteiger partial charge in [-0.25, -0.2) is 17.2 Å². The van der Waals surface area contributed by atoms with Gasteiger partial charge in [-0.05, 0) is 37.3 Å². The Balaban J connectivity index is 2.32. The zero-order valence-corrected chi connectivity index (χ0v) is 12.9. The lowest BCUT2D eigenvalue weighted by Gasteiger charge is -2.33. The number of sulfone groups is 1. The summed E-state index contributed by atoms with van der Waals surface area (Å²) in [5, 5.41) is -0.789. The summed E-state index contributed by atoms with van der Waals surface area (Å²) >= 11 is 0. The van der Waals surface area contributed by atoms with Gasteiger partial charge in [0.15, 0.2) is 9.84 Å². The predicted molar refractivity (Wildman–Crippen MR) is 77.6 cm³/mol. The molecule has 1 aromatic rings. The molecule has 0 heterocycles. The largest absolute Gasteiger partial charge is 0.327 e. The van der Waals surface area contributed by atoms with Crippen molar-refractivity contribution in [3.8, 4) is 0 Å². The molecular formula is C15H21F2NO2S. The maximum atomic E-state index is 13.8. The van der Waals surface area contributed by atoms with E-state index in [1.165, 1.54) is 0 Å². The first-order chi connectivity index (χ1) is 9.86. The van der Waals surface area contributed by atoms with Crippen molar-refractivity contribution in [3.63, 3.8) is 0 Å². The number of nitrogens with two attached hydrogens (primary N) is 1. The summed E-state index contributed by atoms with van der Waals surface area (Å²) in [4.78, 5) is -0.443. The van der Waals surface area contributed by atoms with Gasteiger partial charge >= 0.3 is 0 Å². The van der Waals surface area contributed by atoms with Gasteiger partial charge in [0, 0.05) is 12.1 Å². The maximum absolute atomic E-state index is 13.8. The maximum Gasteiger partial charge on any atom is 0.185 e. The van der Waals surface area contributed by atoms with Gasteiger partial charge in [0.2, 0.25) is 0 Å². The van der Waals surface area contributed by atoms with Crippen LogP contribution in [0.15, 0.2) is 23.1 Å². The van der Waals surface area contributed by atoms with E-state index < -0.39 is 37.7 Å². The normalized spacial score (nSPS) is 26.8. The first-order valence-electron chi connectivity index (χ1n) is 7.30. The highest BCUT2D eigenvalue weighted by Crippen LogP contribution is 2.34. The Kier molecular flexibility index (Phi) is 4.99. The van der Waals surface area contributed by atoms with Crippen molar-refractivity contribution in [2.45, 2.75) is 55.2 Å². The third-order valence-corrected chi connectivity index (χ3v) is 6.53. The SMILES string of the molecule is CCCC1CCC(N)C(S(=O)(=O)c2ccc(F)cc2F)C1. The van der Waals surface area contributed by atoms with E-state index in [-0.39, 0.29) is 0 Å². The van der Waals surface area contributed by atoms with Crippen molar-refractivity contribution in [3.05, 3.63) is 29.8 Å². The molecule has 1 saturated carbocycles. The Morgan fingerprint density at radius 1 is 1.29 bits per heavy atom. The monoisotopic (exact) mass is 317 g/mol. The van der Waals surface area contributed by atoms with Crippen LogP contribution in [-0.4, -0.2) is 19.7 Å². The second-order valence-electron chi connectivity index (χ2n) is 5.79. The average molecular weight is 317 g/mol. The van der Waals surface area contributed by atoms with Crippen molar-refractivity contribution >= 4 is 9.84 Å². The lowest BCUT2D eigenvalue weighted by molar-refractivity contribution is 0.308. The predicted octanol–water partition coefficient (Wildman–Crippen LogP) is 3.03. The van der Waals surface area contributed by atoms with E-state index >= 15 is 0 Å². The van der Waals surface area contributed by atoms with Gasteiger partial charge in [0.1, 0.15) is 16.5 Å². The molecule has 0 amide bonds. The van der Waals surface area contributed by atoms with Crippen molar-refractivity contribution in [1.29, 1.82) is 0 Å². The van der Waals surface area contributed by atoms with Gasteiger partial charge < -0.3 is 5.73 Å². The van der Waals surface area contributed by atoms with E-state index in [1.54, 1.807) is 0 Å². The van der Waals surface area contributed by atoms with Crippen molar-refractivity contribution in [1.82, 2.24) is 0 Å². The molecule has 1 fully saturated rings. The van der Waals surface area contributed by atoms with Crippen LogP contribution < -0.4 is 5.73 Å². The highest BCUT2D eigenvalue weighted by atomic mass is 32.2. The molecule has 3 atom stereocenters. The molecule has 0 radical (unpaired) electrons. The third-order valence-electron chi connectivity index (χ3n) is 4.25. The Labute approximate surface area is 124 Å². The second-order valence-corrected chi connectivity index (χ2v) is 7.93. The smallest absolute Gasteiger partial charge is 0.185 e. The molecule has 0 aliphatic heterocycles. The second kappa shape index (κ2) is 6.40. The van der Waals surface area contributed by atoms with Gasteiger partial charge in [-0.15, -0.1) is 0 Å². The topological polar surface area (TPSA) is 60.2 Å². The van der Waals surface area contributed by atoms with Crippen LogP contribution in [0.25, 0.3) is 0 Å². The number of hydrogen-bond donors (Lipinski definition) is 1. The highest BCUT2D eigenvalue weighted by Gasteiger charge is 2.39. The summed E-state index contributed by atoms with van der Waals surface area (Å²) in [7, 11) is -3.88. The van der Waals surface area contributed by atoms with E-state index in [2.05, 4.69) is 6.92 Å². The van der Waals surface area contributed by atoms with E-state index in [0.29, 0.717) is 24.8 Å². The quantitative estimate of drug-likeness (QED) is 0.868. The summed E-state index contributed by atoms with van der Waals surface area (Å²) in [5.74, 6) is -1.53. The standard InChI is InChI=1S/C15H21F2NO2S/c1-2-3-10-4-6-13(18)15(8-10)21(19,20)14-7-5-11(16)9-12(14)17/h5,7,9-10,13,15H,2-4,6,8,18H2,1H3. The lowest BCUT2D eigenvalue weighted by Crippen LogP contribution is -2.45. The summed E-state index contributed by atoms with van der Waals surface area (Å²) in [6.07, 6.45) is 3.92. The van der Waals surface area contributed by atoms with Crippen LogP contribution in [0.4, 0.5) is 8.78 Å². The number of benzene rings is 1. The van der Waals surface area contributed by atoms with Gasteiger partial charge in [0.25, 0.3) is 0 Å². The fraction of sp³-hybridized carbons (Fsp3) is 0.600. The van der Waals surface area contributed by atoms with E-state index in [9.17, 15) is 17.2 Å². The molecule has 0 saturated heterocycles. The molecule has 0 aromatic heterocycles. The summed E-state index contributed by atoms with van der Waals surface area (Å²) in [5.41, 5.74) is 5.97. The molecule has 1 aliphatic rings. The number of halogens is 2. The minimum absolute atomic E-state index is 0.304. The first kappa shape index (κ1) is 16.4. The van der Waals surface area contributed by atoms with Crippen LogP contribution in [0.5, 0.6) is 0 Å². The number of rotatable bonds is 4. The summed E-state index contributed by atoms with van der Waals surface area (Å²) in [6, 6.07) is 2.07. The molecule has 0 spiro atoms. The van der Waals surface area contributed by atoms with Gasteiger partial charge in [-0.3, -0.25) is 0 Å². The summed E-state index contributed by atoms with van der Waals surface area (Å²) < 4.78 is 52.0. The van der Waals surface area contributed by atoms with Crippen LogP contribution in [0.3, 0.4) is 0 Å². The molecular weight excluding hydrogens is 296 g/mol. The first-order valence-corrected chi connectivity index (χ1v) is 8.85. The fourth-order valence-corrected chi connectivity index (χ4v) is 5.17. The van der Waals surface area contributed by atoms with Crippen LogP contribution in [0.1, 0.15) is 39.0 Å². The van der Waals surface area contributed by atoms with Crippen molar-refractivity contribution < 1.29 is 17.2 Å². The average Bonchev–Trinajstić information content (AvgIpc) is 2.40. The zero-order valence-electron chi connectivity index (χ0n) is 12.1. The Bertz CT molecular complexity index is 604. The van der Waals surface area contributed by atoms with Crippen LogP contribution in [0, 0.1) is 17.6 Å². The van der Waals surface area contributed by atoms with Gasteiger partial charge in [-0.1, -0.05) is 19.8 Å². The zero-order chi connectivity index (χ0) is 15.6. The van der Waals surface area contributed by atoms with E-state index in [0.717, 1.165) is 31.4 Å². The van der Waals surface area contributed by atoms with E-state index in [1.807, 2.05) is 0 Å². The Morgan fingerprint density at radius 3 is 2.62 bits per heavy atom. The minimum Gasteiger partial charge on any atom is -0.327 e. The minimum atomic E-state index is -3.88. The highest BCUT2D eigenvalue weighted by molar-refractivity contribution is 7.92. The van der Waals surface area contributed by atoms with Crippen LogP contribution >= 0.6 is 0 Å². The summed E-state index contributed by atoms with van der Waals surface area (Å²) in [6.45, 7) is 2.05. The molecule has 1 aromatic carbocycles. The molecule has 3 unspecified atom stereocenters. The Hall–Kier alpha value is -1.01. The molecule has 118 valence electrons. The van der Waals surface area contributed by atoms with Crippen molar-refractivity contribution in [2.75, 3.05) is 0 Å². The molecule has 3 nitrogen and oxygen atoms in total. The molecule has 2 N–H and O–H groups in total. The molecule has 6 heteroatoms. The Morgan fingerprint density at radius 2 is 2.00 bits per heavy atom. The van der Waals surface area contributed by atoms with Crippen LogP contribution in [0.2, 0.25) is 0 Å².